The molecular formula is C21H21O9S3Sm. The van der Waals surface area contributed by atoms with Crippen LogP contribution in [-0.4, -0.2) is 38.9 Å². The van der Waals surface area contributed by atoms with E-state index in [2.05, 4.69) is 0 Å². The Morgan fingerprint density at radius 2 is 0.559 bits per heavy atom. The first-order valence-electron chi connectivity index (χ1n) is 9.08. The fourth-order valence-corrected chi connectivity index (χ4v) is 3.52. The van der Waals surface area contributed by atoms with Crippen LogP contribution >= 0.6 is 0 Å². The van der Waals surface area contributed by atoms with Crippen molar-refractivity contribution in [2.75, 3.05) is 0 Å². The van der Waals surface area contributed by atoms with E-state index in [-0.39, 0.29) is 55.1 Å². The molecule has 3 aromatic rings. The van der Waals surface area contributed by atoms with Crippen molar-refractivity contribution >= 4 is 30.4 Å². The number of benzene rings is 3. The average Bonchev–Trinajstić information content (AvgIpc) is 2.68. The summed E-state index contributed by atoms with van der Waals surface area (Å²) in [6, 6.07) is 17.3. The van der Waals surface area contributed by atoms with Crippen LogP contribution in [0.5, 0.6) is 0 Å². The monoisotopic (exact) mass is 665 g/mol. The summed E-state index contributed by atoms with van der Waals surface area (Å²) in [5, 5.41) is 0. The maximum atomic E-state index is 10.4. The molecular weight excluding hydrogens is 643 g/mol. The minimum Gasteiger partial charge on any atom is -0.744 e. The maximum absolute atomic E-state index is 10.4. The summed E-state index contributed by atoms with van der Waals surface area (Å²) >= 11 is 0. The van der Waals surface area contributed by atoms with E-state index >= 15 is 0 Å². The second-order valence-electron chi connectivity index (χ2n) is 6.80. The minimum atomic E-state index is -4.27. The second kappa shape index (κ2) is 13.7. The smallest absolute Gasteiger partial charge is 0.744 e. The molecule has 0 aromatic heterocycles. The zero-order valence-electron chi connectivity index (χ0n) is 18.2. The Morgan fingerprint density at radius 1 is 0.412 bits per heavy atom. The Morgan fingerprint density at radius 3 is 0.676 bits per heavy atom. The van der Waals surface area contributed by atoms with Gasteiger partial charge in [-0.1, -0.05) is 53.1 Å². The Hall–Kier alpha value is -1.27. The molecule has 0 unspecified atom stereocenters. The van der Waals surface area contributed by atoms with Crippen molar-refractivity contribution < 1.29 is 79.3 Å². The van der Waals surface area contributed by atoms with Crippen molar-refractivity contribution in [3.8, 4) is 0 Å². The quantitative estimate of drug-likeness (QED) is 0.382. The molecule has 13 heteroatoms. The summed E-state index contributed by atoms with van der Waals surface area (Å²) in [6.07, 6.45) is 0. The minimum absolute atomic E-state index is 0. The van der Waals surface area contributed by atoms with E-state index in [1.54, 1.807) is 36.4 Å². The van der Waals surface area contributed by atoms with Gasteiger partial charge >= 0.3 is 40.4 Å². The van der Waals surface area contributed by atoms with Gasteiger partial charge < -0.3 is 13.7 Å². The standard InChI is InChI=1S/3C7H8O3S.Sm/c3*1-6-2-4-7(5-3-6)11(8,9)10;/h3*2-5H,1H3,(H,8,9,10);/q;;;+3/p-3. The molecule has 0 aliphatic carbocycles. The van der Waals surface area contributed by atoms with Crippen LogP contribution in [0.25, 0.3) is 0 Å². The zero-order valence-corrected chi connectivity index (χ0v) is 23.3. The fourth-order valence-electron chi connectivity index (χ4n) is 2.11. The summed E-state index contributed by atoms with van der Waals surface area (Å²) in [6.45, 7) is 5.46. The van der Waals surface area contributed by atoms with Gasteiger partial charge in [0, 0.05) is 0 Å². The Labute approximate surface area is 232 Å². The number of hydrogen-bond acceptors (Lipinski definition) is 9. The maximum Gasteiger partial charge on any atom is 3.00 e. The Balaban J connectivity index is 0.000000473. The fraction of sp³-hybridized carbons (Fsp3) is 0.143. The molecule has 34 heavy (non-hydrogen) atoms. The third-order valence-electron chi connectivity index (χ3n) is 3.93. The number of rotatable bonds is 3. The average molecular weight is 664 g/mol. The number of aryl methyl sites for hydroxylation is 3. The molecule has 3 aromatic carbocycles. The van der Waals surface area contributed by atoms with Crippen LogP contribution in [0.15, 0.2) is 87.5 Å². The van der Waals surface area contributed by atoms with Crippen LogP contribution in [0, 0.1) is 61.2 Å². The van der Waals surface area contributed by atoms with Crippen molar-refractivity contribution in [3.63, 3.8) is 0 Å². The third kappa shape index (κ3) is 12.4. The summed E-state index contributed by atoms with van der Waals surface area (Å²) in [5.74, 6) is 0. The largest absolute Gasteiger partial charge is 3.00 e. The topological polar surface area (TPSA) is 172 Å². The van der Waals surface area contributed by atoms with Gasteiger partial charge in [0.25, 0.3) is 0 Å². The normalized spacial score (nSPS) is 11.1. The predicted molar refractivity (Wildman–Crippen MR) is 117 cm³/mol. The van der Waals surface area contributed by atoms with Crippen LogP contribution in [0.3, 0.4) is 0 Å². The molecule has 0 heterocycles. The van der Waals surface area contributed by atoms with Crippen LogP contribution in [0.4, 0.5) is 0 Å². The first kappa shape index (κ1) is 32.7. The molecule has 3 rings (SSSR count). The molecule has 1 radical (unpaired) electrons. The van der Waals surface area contributed by atoms with E-state index in [4.69, 9.17) is 0 Å². The van der Waals surface area contributed by atoms with Crippen LogP contribution in [0.2, 0.25) is 0 Å². The third-order valence-corrected chi connectivity index (χ3v) is 6.48. The van der Waals surface area contributed by atoms with Crippen LogP contribution in [0.1, 0.15) is 16.7 Å². The molecule has 0 saturated heterocycles. The molecule has 0 aliphatic rings. The van der Waals surface area contributed by atoms with Crippen molar-refractivity contribution in [1.82, 2.24) is 0 Å². The van der Waals surface area contributed by atoms with Gasteiger partial charge in [0.1, 0.15) is 30.4 Å². The van der Waals surface area contributed by atoms with E-state index in [1.165, 1.54) is 36.4 Å². The van der Waals surface area contributed by atoms with Crippen molar-refractivity contribution in [3.05, 3.63) is 89.5 Å². The molecule has 0 saturated carbocycles. The summed E-state index contributed by atoms with van der Waals surface area (Å²) < 4.78 is 93.5. The van der Waals surface area contributed by atoms with Gasteiger partial charge in [-0.3, -0.25) is 0 Å². The van der Waals surface area contributed by atoms with Crippen LogP contribution in [-0.2, 0) is 30.4 Å². The van der Waals surface area contributed by atoms with E-state index in [0.29, 0.717) is 0 Å². The van der Waals surface area contributed by atoms with Crippen molar-refractivity contribution in [2.24, 2.45) is 0 Å². The van der Waals surface area contributed by atoms with Crippen molar-refractivity contribution in [2.45, 2.75) is 35.5 Å². The van der Waals surface area contributed by atoms with Gasteiger partial charge in [-0.15, -0.1) is 0 Å². The summed E-state index contributed by atoms with van der Waals surface area (Å²) in [5.41, 5.74) is 2.78. The number of hydrogen-bond donors (Lipinski definition) is 0. The first-order valence-corrected chi connectivity index (χ1v) is 13.3. The SMILES string of the molecule is Cc1ccc(S(=O)(=O)[O-])cc1.Cc1ccc(S(=O)(=O)[O-])cc1.Cc1ccc(S(=O)(=O)[O-])cc1.[Sm+3]. The molecule has 0 amide bonds. The Kier molecular flexibility index (Phi) is 13.2. The van der Waals surface area contributed by atoms with Crippen molar-refractivity contribution in [1.29, 1.82) is 0 Å². The van der Waals surface area contributed by atoms with Gasteiger partial charge in [0.2, 0.25) is 0 Å². The second-order valence-corrected chi connectivity index (χ2v) is 10.9. The van der Waals surface area contributed by atoms with Gasteiger partial charge in [-0.05, 0) is 57.2 Å². The van der Waals surface area contributed by atoms with Gasteiger partial charge in [0.15, 0.2) is 0 Å². The molecule has 183 valence electrons. The summed E-state index contributed by atoms with van der Waals surface area (Å²) in [4.78, 5) is -0.533. The van der Waals surface area contributed by atoms with E-state index < -0.39 is 30.4 Å². The molecule has 9 nitrogen and oxygen atoms in total. The molecule has 0 N–H and O–H groups in total. The zero-order chi connectivity index (χ0) is 25.4. The Bertz CT molecular complexity index is 1190. The molecule has 0 fully saturated rings. The molecule has 0 bridgehead atoms. The van der Waals surface area contributed by atoms with E-state index in [1.807, 2.05) is 20.8 Å². The van der Waals surface area contributed by atoms with E-state index in [9.17, 15) is 38.9 Å². The van der Waals surface area contributed by atoms with Gasteiger partial charge in [0.05, 0.1) is 14.7 Å². The van der Waals surface area contributed by atoms with Gasteiger partial charge in [-0.25, -0.2) is 25.3 Å². The summed E-state index contributed by atoms with van der Waals surface area (Å²) in [7, 11) is -12.8. The molecule has 0 spiro atoms. The first-order chi connectivity index (χ1) is 15.0. The molecule has 0 atom stereocenters. The molecule has 0 aliphatic heterocycles. The van der Waals surface area contributed by atoms with Gasteiger partial charge in [-0.2, -0.15) is 0 Å². The predicted octanol–water partition coefficient (Wildman–Crippen LogP) is 2.70. The van der Waals surface area contributed by atoms with E-state index in [0.717, 1.165) is 16.7 Å². The van der Waals surface area contributed by atoms with Crippen LogP contribution < -0.4 is 0 Å².